The minimum Gasteiger partial charge on any atom is -0.494 e. The van der Waals surface area contributed by atoms with E-state index in [9.17, 15) is 0 Å². The van der Waals surface area contributed by atoms with E-state index in [1.165, 1.54) is 0 Å². The Morgan fingerprint density at radius 1 is 1.29 bits per heavy atom. The molecule has 2 heterocycles. The van der Waals surface area contributed by atoms with Crippen molar-refractivity contribution in [1.29, 1.82) is 0 Å². The number of aliphatic imine (C=N–C) groups is 1. The lowest BCUT2D eigenvalue weighted by Gasteiger charge is -2.15. The summed E-state index contributed by atoms with van der Waals surface area (Å²) in [5.41, 5.74) is 0. The molecule has 28 heavy (non-hydrogen) atoms. The lowest BCUT2D eigenvalue weighted by Crippen LogP contribution is -2.41. The smallest absolute Gasteiger partial charge is 0.191 e. The Labute approximate surface area is 166 Å². The SMILES string of the molecule is Cc1nnc(CN=C(NCCCOc2ccccc2)NCC2CCCO2)n1C. The van der Waals surface area contributed by atoms with Gasteiger partial charge in [-0.1, -0.05) is 18.2 Å². The molecular formula is C20H30N6O2. The second-order valence-electron chi connectivity index (χ2n) is 6.85. The summed E-state index contributed by atoms with van der Waals surface area (Å²) in [6.07, 6.45) is 3.35. The first-order chi connectivity index (χ1) is 13.7. The first-order valence-electron chi connectivity index (χ1n) is 9.89. The van der Waals surface area contributed by atoms with Crippen LogP contribution in [0, 0.1) is 6.92 Å². The normalized spacial score (nSPS) is 16.9. The molecule has 0 spiro atoms. The van der Waals surface area contributed by atoms with Crippen molar-refractivity contribution in [3.8, 4) is 5.75 Å². The first kappa shape index (κ1) is 20.1. The molecule has 1 saturated heterocycles. The van der Waals surface area contributed by atoms with Gasteiger partial charge in [-0.2, -0.15) is 0 Å². The Bertz CT molecular complexity index is 740. The standard InChI is InChI=1S/C20H30N6O2/c1-16-24-25-19(26(16)2)15-23-20(22-14-18-10-6-12-28-18)21-11-7-13-27-17-8-4-3-5-9-17/h3-5,8-9,18H,6-7,10-15H2,1-2H3,(H2,21,22,23). The predicted molar refractivity (Wildman–Crippen MR) is 108 cm³/mol. The minimum atomic E-state index is 0.255. The number of benzene rings is 1. The number of hydrogen-bond acceptors (Lipinski definition) is 5. The third kappa shape index (κ3) is 6.23. The van der Waals surface area contributed by atoms with Gasteiger partial charge in [0.05, 0.1) is 12.7 Å². The second kappa shape index (κ2) is 10.7. The Morgan fingerprint density at radius 2 is 2.14 bits per heavy atom. The van der Waals surface area contributed by atoms with Crippen LogP contribution in [-0.4, -0.2) is 53.1 Å². The van der Waals surface area contributed by atoms with Crippen molar-refractivity contribution in [3.05, 3.63) is 42.0 Å². The van der Waals surface area contributed by atoms with Crippen molar-refractivity contribution in [2.24, 2.45) is 12.0 Å². The zero-order valence-electron chi connectivity index (χ0n) is 16.7. The Hall–Kier alpha value is -2.61. The Morgan fingerprint density at radius 3 is 2.86 bits per heavy atom. The van der Waals surface area contributed by atoms with E-state index >= 15 is 0 Å². The average Bonchev–Trinajstić information content (AvgIpc) is 3.35. The van der Waals surface area contributed by atoms with Crippen LogP contribution in [0.2, 0.25) is 0 Å². The van der Waals surface area contributed by atoms with Crippen LogP contribution in [0.1, 0.15) is 30.9 Å². The summed E-state index contributed by atoms with van der Waals surface area (Å²) < 4.78 is 13.4. The number of aromatic nitrogens is 3. The lowest BCUT2D eigenvalue weighted by molar-refractivity contribution is 0.113. The summed E-state index contributed by atoms with van der Waals surface area (Å²) in [6.45, 7) is 5.42. The fraction of sp³-hybridized carbons (Fsp3) is 0.550. The lowest BCUT2D eigenvalue weighted by atomic mass is 10.2. The molecule has 1 aliphatic rings. The molecule has 1 aromatic heterocycles. The van der Waals surface area contributed by atoms with Crippen LogP contribution in [0.25, 0.3) is 0 Å². The van der Waals surface area contributed by atoms with Gasteiger partial charge in [-0.3, -0.25) is 0 Å². The number of rotatable bonds is 9. The zero-order valence-corrected chi connectivity index (χ0v) is 16.7. The van der Waals surface area contributed by atoms with Gasteiger partial charge in [0.2, 0.25) is 0 Å². The maximum atomic E-state index is 5.73. The Balaban J connectivity index is 1.46. The molecule has 0 saturated carbocycles. The molecule has 0 radical (unpaired) electrons. The van der Waals surface area contributed by atoms with Gasteiger partial charge >= 0.3 is 0 Å². The van der Waals surface area contributed by atoms with Crippen LogP contribution in [-0.2, 0) is 18.3 Å². The van der Waals surface area contributed by atoms with Crippen LogP contribution < -0.4 is 15.4 Å². The van der Waals surface area contributed by atoms with E-state index in [4.69, 9.17) is 9.47 Å². The first-order valence-corrected chi connectivity index (χ1v) is 9.89. The monoisotopic (exact) mass is 386 g/mol. The van der Waals surface area contributed by atoms with Gasteiger partial charge in [0, 0.05) is 26.7 Å². The molecular weight excluding hydrogens is 356 g/mol. The molecule has 1 fully saturated rings. The number of guanidine groups is 1. The van der Waals surface area contributed by atoms with E-state index in [0.717, 1.165) is 62.3 Å². The van der Waals surface area contributed by atoms with Crippen molar-refractivity contribution >= 4 is 5.96 Å². The summed E-state index contributed by atoms with van der Waals surface area (Å²) >= 11 is 0. The van der Waals surface area contributed by atoms with Gasteiger partial charge in [-0.15, -0.1) is 10.2 Å². The number of nitrogens with one attached hydrogen (secondary N) is 2. The van der Waals surface area contributed by atoms with Crippen molar-refractivity contribution in [3.63, 3.8) is 0 Å². The van der Waals surface area contributed by atoms with Crippen molar-refractivity contribution < 1.29 is 9.47 Å². The van der Waals surface area contributed by atoms with Gasteiger partial charge in [0.1, 0.15) is 18.1 Å². The number of nitrogens with zero attached hydrogens (tertiary/aromatic N) is 4. The summed E-state index contributed by atoms with van der Waals surface area (Å²) in [6, 6.07) is 9.86. The number of aryl methyl sites for hydroxylation is 1. The van der Waals surface area contributed by atoms with Gasteiger partial charge < -0.3 is 24.7 Å². The molecule has 2 aromatic rings. The fourth-order valence-corrected chi connectivity index (χ4v) is 2.91. The second-order valence-corrected chi connectivity index (χ2v) is 6.85. The average molecular weight is 387 g/mol. The van der Waals surface area contributed by atoms with Crippen molar-refractivity contribution in [1.82, 2.24) is 25.4 Å². The maximum Gasteiger partial charge on any atom is 0.191 e. The third-order valence-electron chi connectivity index (χ3n) is 4.71. The number of ether oxygens (including phenoxy) is 2. The summed E-state index contributed by atoms with van der Waals surface area (Å²) in [4.78, 5) is 4.66. The van der Waals surface area contributed by atoms with Crippen LogP contribution in [0.4, 0.5) is 0 Å². The van der Waals surface area contributed by atoms with E-state index in [2.05, 4.69) is 25.8 Å². The molecule has 2 N–H and O–H groups in total. The topological polar surface area (TPSA) is 85.6 Å². The highest BCUT2D eigenvalue weighted by molar-refractivity contribution is 5.79. The van der Waals surface area contributed by atoms with Gasteiger partial charge in [0.25, 0.3) is 0 Å². The molecule has 1 atom stereocenters. The zero-order chi connectivity index (χ0) is 19.6. The molecule has 0 bridgehead atoms. The van der Waals surface area contributed by atoms with E-state index in [1.807, 2.05) is 48.9 Å². The third-order valence-corrected chi connectivity index (χ3v) is 4.71. The highest BCUT2D eigenvalue weighted by Crippen LogP contribution is 2.10. The quantitative estimate of drug-likeness (QED) is 0.388. The molecule has 0 amide bonds. The van der Waals surface area contributed by atoms with Gasteiger partial charge in [-0.25, -0.2) is 4.99 Å². The molecule has 1 unspecified atom stereocenters. The number of para-hydroxylation sites is 1. The molecule has 152 valence electrons. The van der Waals surface area contributed by atoms with Crippen LogP contribution in [0.15, 0.2) is 35.3 Å². The van der Waals surface area contributed by atoms with Gasteiger partial charge in [-0.05, 0) is 38.3 Å². The van der Waals surface area contributed by atoms with E-state index in [1.54, 1.807) is 0 Å². The van der Waals surface area contributed by atoms with Crippen LogP contribution in [0.5, 0.6) is 5.75 Å². The molecule has 3 rings (SSSR count). The summed E-state index contributed by atoms with van der Waals surface area (Å²) in [7, 11) is 1.95. The van der Waals surface area contributed by atoms with E-state index < -0.39 is 0 Å². The summed E-state index contributed by atoms with van der Waals surface area (Å²) in [5, 5.41) is 15.0. The highest BCUT2D eigenvalue weighted by atomic mass is 16.5. The predicted octanol–water partition coefficient (Wildman–Crippen LogP) is 1.81. The van der Waals surface area contributed by atoms with Crippen molar-refractivity contribution in [2.75, 3.05) is 26.3 Å². The van der Waals surface area contributed by atoms with E-state index in [0.29, 0.717) is 13.2 Å². The van der Waals surface area contributed by atoms with Crippen LogP contribution in [0.3, 0.4) is 0 Å². The fourth-order valence-electron chi connectivity index (χ4n) is 2.91. The molecule has 0 aliphatic carbocycles. The summed E-state index contributed by atoms with van der Waals surface area (Å²) in [5.74, 6) is 3.37. The molecule has 8 heteroatoms. The largest absolute Gasteiger partial charge is 0.494 e. The molecule has 1 aromatic carbocycles. The minimum absolute atomic E-state index is 0.255. The van der Waals surface area contributed by atoms with Gasteiger partial charge in [0.15, 0.2) is 11.8 Å². The number of hydrogen-bond donors (Lipinski definition) is 2. The molecule has 1 aliphatic heterocycles. The highest BCUT2D eigenvalue weighted by Gasteiger charge is 2.15. The van der Waals surface area contributed by atoms with Crippen LogP contribution >= 0.6 is 0 Å². The Kier molecular flexibility index (Phi) is 7.66. The van der Waals surface area contributed by atoms with E-state index in [-0.39, 0.29) is 6.10 Å². The van der Waals surface area contributed by atoms with Crippen molar-refractivity contribution in [2.45, 2.75) is 38.8 Å². The maximum absolute atomic E-state index is 5.73. The molecule has 8 nitrogen and oxygen atoms in total.